The van der Waals surface area contributed by atoms with Crippen molar-refractivity contribution in [1.82, 2.24) is 0 Å². The molecule has 1 unspecified atom stereocenters. The van der Waals surface area contributed by atoms with E-state index in [0.29, 0.717) is 35.8 Å². The van der Waals surface area contributed by atoms with Crippen molar-refractivity contribution in [1.29, 1.82) is 5.26 Å². The number of esters is 1. The topological polar surface area (TPSA) is 113 Å². The van der Waals surface area contributed by atoms with Gasteiger partial charge in [-0.3, -0.25) is 0 Å². The predicted octanol–water partition coefficient (Wildman–Crippen LogP) is 5.38. The molecule has 214 valence electrons. The highest BCUT2D eigenvalue weighted by molar-refractivity contribution is 5.74. The number of nitriles is 1. The molecular formula is C28H21F5N2O6. The van der Waals surface area contributed by atoms with Crippen molar-refractivity contribution in [3.8, 4) is 34.8 Å². The molecule has 1 aliphatic rings. The summed E-state index contributed by atoms with van der Waals surface area (Å²) >= 11 is 0. The third-order valence-corrected chi connectivity index (χ3v) is 5.83. The fourth-order valence-corrected chi connectivity index (χ4v) is 4.09. The molecule has 1 heterocycles. The van der Waals surface area contributed by atoms with Crippen LogP contribution >= 0.6 is 0 Å². The number of nitrogens with two attached hydrogens (primary N) is 1. The first-order chi connectivity index (χ1) is 19.6. The van der Waals surface area contributed by atoms with Crippen LogP contribution in [0.2, 0.25) is 0 Å². The van der Waals surface area contributed by atoms with Gasteiger partial charge in [-0.25, -0.2) is 18.0 Å². The van der Waals surface area contributed by atoms with Gasteiger partial charge in [0.2, 0.25) is 35.0 Å². The number of allylic oxidation sites excluding steroid dienone is 1. The number of carbonyl (C=O) groups excluding carboxylic acids is 1. The van der Waals surface area contributed by atoms with Gasteiger partial charge in [-0.15, -0.1) is 0 Å². The molecule has 3 aromatic carbocycles. The highest BCUT2D eigenvalue weighted by atomic mass is 19.2. The van der Waals surface area contributed by atoms with E-state index in [4.69, 9.17) is 24.7 Å². The zero-order valence-electron chi connectivity index (χ0n) is 21.5. The van der Waals surface area contributed by atoms with Crippen LogP contribution in [0.3, 0.4) is 0 Å². The number of ether oxygens (including phenoxy) is 5. The van der Waals surface area contributed by atoms with Crippen LogP contribution in [-0.2, 0) is 4.79 Å². The Kier molecular flexibility index (Phi) is 8.51. The minimum absolute atomic E-state index is 0.116. The molecule has 0 saturated heterocycles. The van der Waals surface area contributed by atoms with E-state index in [0.717, 1.165) is 0 Å². The van der Waals surface area contributed by atoms with Crippen molar-refractivity contribution < 1.29 is 50.4 Å². The normalized spacial score (nSPS) is 14.0. The van der Waals surface area contributed by atoms with Gasteiger partial charge in [0, 0.05) is 11.6 Å². The lowest BCUT2D eigenvalue weighted by Gasteiger charge is -2.27. The van der Waals surface area contributed by atoms with Crippen molar-refractivity contribution in [3.63, 3.8) is 0 Å². The van der Waals surface area contributed by atoms with Crippen molar-refractivity contribution in [2.75, 3.05) is 19.8 Å². The maximum Gasteiger partial charge on any atom is 0.349 e. The summed E-state index contributed by atoms with van der Waals surface area (Å²) in [6.07, 6.45) is 0. The van der Waals surface area contributed by atoms with Gasteiger partial charge < -0.3 is 29.4 Å². The van der Waals surface area contributed by atoms with Gasteiger partial charge in [-0.2, -0.15) is 14.0 Å². The Morgan fingerprint density at radius 2 is 1.54 bits per heavy atom. The Labute approximate surface area is 230 Å². The first-order valence-electron chi connectivity index (χ1n) is 12.1. The number of benzene rings is 3. The Morgan fingerprint density at radius 1 is 0.902 bits per heavy atom. The summed E-state index contributed by atoms with van der Waals surface area (Å²) in [4.78, 5) is 12.2. The summed E-state index contributed by atoms with van der Waals surface area (Å²) < 4.78 is 94.0. The van der Waals surface area contributed by atoms with Gasteiger partial charge in [-0.1, -0.05) is 12.1 Å². The number of halogens is 5. The molecule has 0 fully saturated rings. The van der Waals surface area contributed by atoms with Gasteiger partial charge in [-0.05, 0) is 37.6 Å². The molecule has 4 rings (SSSR count). The molecule has 41 heavy (non-hydrogen) atoms. The number of nitrogens with zero attached hydrogens (tertiary/aromatic N) is 1. The molecule has 0 amide bonds. The molecule has 13 heteroatoms. The Hall–Kier alpha value is -4.99. The Balaban J connectivity index is 1.59. The average molecular weight is 576 g/mol. The number of hydrogen-bond donors (Lipinski definition) is 1. The van der Waals surface area contributed by atoms with E-state index in [1.54, 1.807) is 18.2 Å². The van der Waals surface area contributed by atoms with E-state index in [9.17, 15) is 32.0 Å². The van der Waals surface area contributed by atoms with Crippen LogP contribution in [0.1, 0.15) is 30.9 Å². The Morgan fingerprint density at radius 3 is 2.17 bits per heavy atom. The van der Waals surface area contributed by atoms with Crippen molar-refractivity contribution >= 4 is 5.97 Å². The largest absolute Gasteiger partial charge is 0.490 e. The van der Waals surface area contributed by atoms with Crippen LogP contribution in [0.5, 0.6) is 28.7 Å². The first kappa shape index (κ1) is 29.0. The molecule has 0 radical (unpaired) electrons. The lowest BCUT2D eigenvalue weighted by molar-refractivity contribution is -0.136. The maximum absolute atomic E-state index is 13.8. The first-order valence-corrected chi connectivity index (χ1v) is 12.1. The standard InChI is InChI=1S/C28H21F5N2O6/c1-3-37-17-8-5-13(9-19(17)38-4-2)21-15-7-6-14(10-18(15)41-28(35)16(21)11-34)40-20(36)12-39-27-25(32)23(30)22(29)24(31)26(27)33/h5-10,21H,3-4,12,35H2,1-2H3. The fraction of sp³-hybridized carbons (Fsp3) is 0.214. The fourth-order valence-electron chi connectivity index (χ4n) is 4.09. The number of carbonyl (C=O) groups is 1. The summed E-state index contributed by atoms with van der Waals surface area (Å²) in [5.74, 6) is -14.1. The molecule has 3 aromatic rings. The van der Waals surface area contributed by atoms with Gasteiger partial charge in [0.25, 0.3) is 0 Å². The lowest BCUT2D eigenvalue weighted by atomic mass is 9.83. The second-order valence-corrected chi connectivity index (χ2v) is 8.36. The van der Waals surface area contributed by atoms with Crippen molar-refractivity contribution in [2.24, 2.45) is 5.73 Å². The van der Waals surface area contributed by atoms with Crippen LogP contribution in [0.4, 0.5) is 22.0 Å². The smallest absolute Gasteiger partial charge is 0.349 e. The molecule has 0 saturated carbocycles. The van der Waals surface area contributed by atoms with Gasteiger partial charge in [0.15, 0.2) is 23.9 Å². The summed E-state index contributed by atoms with van der Waals surface area (Å²) in [7, 11) is 0. The van der Waals surface area contributed by atoms with Crippen LogP contribution in [-0.4, -0.2) is 25.8 Å². The minimum atomic E-state index is -2.37. The SMILES string of the molecule is CCOc1ccc(C2C(C#N)=C(N)Oc3cc(OC(=O)COc4c(F)c(F)c(F)c(F)c4F)ccc32)cc1OCC. The predicted molar refractivity (Wildman–Crippen MR) is 132 cm³/mol. The van der Waals surface area contributed by atoms with Gasteiger partial charge >= 0.3 is 5.97 Å². The highest BCUT2D eigenvalue weighted by Crippen LogP contribution is 2.45. The van der Waals surface area contributed by atoms with E-state index in [2.05, 4.69) is 10.8 Å². The van der Waals surface area contributed by atoms with Crippen molar-refractivity contribution in [3.05, 3.63) is 88.1 Å². The molecular weight excluding hydrogens is 555 g/mol. The monoisotopic (exact) mass is 576 g/mol. The molecule has 0 bridgehead atoms. The third-order valence-electron chi connectivity index (χ3n) is 5.83. The van der Waals surface area contributed by atoms with E-state index < -0.39 is 53.3 Å². The molecule has 0 aliphatic carbocycles. The molecule has 0 spiro atoms. The third kappa shape index (κ3) is 5.67. The second-order valence-electron chi connectivity index (χ2n) is 8.36. The molecule has 0 aromatic heterocycles. The van der Waals surface area contributed by atoms with Gasteiger partial charge in [0.1, 0.15) is 23.1 Å². The summed E-state index contributed by atoms with van der Waals surface area (Å²) in [6.45, 7) is 3.21. The van der Waals surface area contributed by atoms with E-state index >= 15 is 0 Å². The minimum Gasteiger partial charge on any atom is -0.490 e. The molecule has 2 N–H and O–H groups in total. The zero-order chi connectivity index (χ0) is 29.8. The van der Waals surface area contributed by atoms with Crippen LogP contribution < -0.4 is 29.4 Å². The van der Waals surface area contributed by atoms with E-state index in [1.807, 2.05) is 13.8 Å². The quantitative estimate of drug-likeness (QED) is 0.119. The summed E-state index contributed by atoms with van der Waals surface area (Å²) in [6, 6.07) is 11.3. The molecule has 1 aliphatic heterocycles. The van der Waals surface area contributed by atoms with Gasteiger partial charge in [0.05, 0.1) is 19.1 Å². The highest BCUT2D eigenvalue weighted by Gasteiger charge is 2.32. The average Bonchev–Trinajstić information content (AvgIpc) is 2.95. The Bertz CT molecular complexity index is 1560. The number of rotatable bonds is 9. The number of hydrogen-bond acceptors (Lipinski definition) is 8. The van der Waals surface area contributed by atoms with Crippen molar-refractivity contribution in [2.45, 2.75) is 19.8 Å². The number of fused-ring (bicyclic) bond motifs is 1. The van der Waals surface area contributed by atoms with Crippen LogP contribution in [0, 0.1) is 40.4 Å². The molecule has 8 nitrogen and oxygen atoms in total. The van der Waals surface area contributed by atoms with E-state index in [1.165, 1.54) is 18.2 Å². The molecule has 1 atom stereocenters. The summed E-state index contributed by atoms with van der Waals surface area (Å²) in [5.41, 5.74) is 7.25. The van der Waals surface area contributed by atoms with Crippen LogP contribution in [0.25, 0.3) is 0 Å². The zero-order valence-corrected chi connectivity index (χ0v) is 21.5. The lowest BCUT2D eigenvalue weighted by Crippen LogP contribution is -2.22. The summed E-state index contributed by atoms with van der Waals surface area (Å²) in [5, 5.41) is 9.82. The van der Waals surface area contributed by atoms with E-state index in [-0.39, 0.29) is 23.0 Å². The maximum atomic E-state index is 13.8. The van der Waals surface area contributed by atoms with Crippen LogP contribution in [0.15, 0.2) is 47.9 Å². The second kappa shape index (κ2) is 12.0.